The first-order chi connectivity index (χ1) is 16.2. The highest BCUT2D eigenvalue weighted by molar-refractivity contribution is 6.35. The Bertz CT molecular complexity index is 1080. The van der Waals surface area contributed by atoms with E-state index < -0.39 is 11.5 Å². The molecule has 0 radical (unpaired) electrons. The highest BCUT2D eigenvalue weighted by Crippen LogP contribution is 2.51. The number of piperidine rings is 1. The van der Waals surface area contributed by atoms with Crippen LogP contribution in [0.1, 0.15) is 36.8 Å². The van der Waals surface area contributed by atoms with E-state index in [1.807, 2.05) is 0 Å². The van der Waals surface area contributed by atoms with E-state index in [0.29, 0.717) is 32.9 Å². The quantitative estimate of drug-likeness (QED) is 0.501. The fourth-order valence-corrected chi connectivity index (χ4v) is 5.56. The molecule has 1 heterocycles. The topological polar surface area (TPSA) is 61.4 Å². The summed E-state index contributed by atoms with van der Waals surface area (Å²) in [6.07, 6.45) is 3.31. The van der Waals surface area contributed by atoms with Crippen molar-refractivity contribution in [2.75, 3.05) is 20.1 Å². The van der Waals surface area contributed by atoms with Crippen LogP contribution in [0.5, 0.6) is 0 Å². The Morgan fingerprint density at radius 1 is 1.00 bits per heavy atom. The molecule has 1 atom stereocenters. The predicted molar refractivity (Wildman–Crippen MR) is 138 cm³/mol. The van der Waals surface area contributed by atoms with Crippen molar-refractivity contribution < 1.29 is 9.59 Å². The second-order valence-electron chi connectivity index (χ2n) is 9.26. The summed E-state index contributed by atoms with van der Waals surface area (Å²) in [6, 6.07) is 9.61. The maximum atomic E-state index is 13.5. The van der Waals surface area contributed by atoms with Gasteiger partial charge in [-0.05, 0) is 81.2 Å². The van der Waals surface area contributed by atoms with E-state index in [-0.39, 0.29) is 24.3 Å². The van der Waals surface area contributed by atoms with Gasteiger partial charge in [0.1, 0.15) is 6.04 Å². The van der Waals surface area contributed by atoms with Gasteiger partial charge in [-0.15, -0.1) is 0 Å². The number of halogens is 4. The molecule has 2 N–H and O–H groups in total. The van der Waals surface area contributed by atoms with Gasteiger partial charge in [0.05, 0.1) is 5.41 Å². The van der Waals surface area contributed by atoms with Gasteiger partial charge in [-0.3, -0.25) is 9.59 Å². The fourth-order valence-electron chi connectivity index (χ4n) is 4.49. The van der Waals surface area contributed by atoms with Crippen LogP contribution in [-0.2, 0) is 21.4 Å². The minimum absolute atomic E-state index is 0.0735. The number of likely N-dealkylation sites (tertiary alicyclic amines) is 1. The van der Waals surface area contributed by atoms with Crippen molar-refractivity contribution in [1.82, 2.24) is 15.5 Å². The molecule has 2 aromatic carbocycles. The van der Waals surface area contributed by atoms with Crippen LogP contribution in [0.4, 0.5) is 0 Å². The molecule has 2 aromatic rings. The van der Waals surface area contributed by atoms with Crippen LogP contribution in [0, 0.1) is 0 Å². The summed E-state index contributed by atoms with van der Waals surface area (Å²) in [7, 11) is 2.07. The van der Waals surface area contributed by atoms with Crippen LogP contribution in [0.25, 0.3) is 0 Å². The minimum Gasteiger partial charge on any atom is -0.351 e. The van der Waals surface area contributed by atoms with Crippen molar-refractivity contribution >= 4 is 58.2 Å². The standard InChI is InChI=1S/C25H27Cl4N3O2/c1-32-10-6-18(7-11-32)30-23(33)22(12-15-2-3-16(26)13-20(15)28)31-24(34)25(8-9-25)19-5-4-17(27)14-21(19)29/h2-5,13-14,18,22H,6-12H2,1H3,(H,30,33)(H,31,34). The molecule has 4 rings (SSSR count). The number of nitrogens with zero attached hydrogens (tertiary/aromatic N) is 1. The van der Waals surface area contributed by atoms with Crippen LogP contribution in [0.3, 0.4) is 0 Å². The number of nitrogens with one attached hydrogen (secondary N) is 2. The van der Waals surface area contributed by atoms with Gasteiger partial charge in [0.2, 0.25) is 11.8 Å². The van der Waals surface area contributed by atoms with Gasteiger partial charge in [-0.1, -0.05) is 58.5 Å². The van der Waals surface area contributed by atoms with Crippen molar-refractivity contribution in [3.63, 3.8) is 0 Å². The maximum absolute atomic E-state index is 13.5. The Kier molecular flexibility index (Phi) is 8.00. The molecule has 0 spiro atoms. The van der Waals surface area contributed by atoms with E-state index in [4.69, 9.17) is 46.4 Å². The van der Waals surface area contributed by atoms with Gasteiger partial charge in [0.25, 0.3) is 0 Å². The van der Waals surface area contributed by atoms with Crippen LogP contribution >= 0.6 is 46.4 Å². The maximum Gasteiger partial charge on any atom is 0.243 e. The molecule has 0 aromatic heterocycles. The second kappa shape index (κ2) is 10.6. The van der Waals surface area contributed by atoms with Gasteiger partial charge in [-0.2, -0.15) is 0 Å². The normalized spacial score (nSPS) is 18.9. The largest absolute Gasteiger partial charge is 0.351 e. The molecule has 34 heavy (non-hydrogen) atoms. The highest BCUT2D eigenvalue weighted by Gasteiger charge is 2.53. The second-order valence-corrected chi connectivity index (χ2v) is 10.9. The average Bonchev–Trinajstić information content (AvgIpc) is 3.58. The monoisotopic (exact) mass is 541 g/mol. The summed E-state index contributed by atoms with van der Waals surface area (Å²) < 4.78 is 0. The molecule has 1 saturated carbocycles. The molecule has 1 aliphatic carbocycles. The third-order valence-electron chi connectivity index (χ3n) is 6.76. The molecule has 5 nitrogen and oxygen atoms in total. The predicted octanol–water partition coefficient (Wildman–Crippen LogP) is 5.27. The number of hydrogen-bond acceptors (Lipinski definition) is 3. The molecule has 182 valence electrons. The van der Waals surface area contributed by atoms with Gasteiger partial charge in [-0.25, -0.2) is 0 Å². The molecule has 1 aliphatic heterocycles. The van der Waals surface area contributed by atoms with Gasteiger partial charge < -0.3 is 15.5 Å². The summed E-state index contributed by atoms with van der Waals surface area (Å²) in [5.74, 6) is -0.433. The molecule has 0 bridgehead atoms. The van der Waals surface area contributed by atoms with E-state index in [2.05, 4.69) is 22.6 Å². The Morgan fingerprint density at radius 3 is 2.21 bits per heavy atom. The van der Waals surface area contributed by atoms with Crippen LogP contribution < -0.4 is 10.6 Å². The third-order valence-corrected chi connectivity index (χ3v) is 7.89. The highest BCUT2D eigenvalue weighted by atomic mass is 35.5. The van der Waals surface area contributed by atoms with Crippen molar-refractivity contribution in [3.05, 3.63) is 67.6 Å². The molecule has 2 aliphatic rings. The number of carbonyl (C=O) groups excluding carboxylic acids is 2. The zero-order valence-corrected chi connectivity index (χ0v) is 21.9. The first-order valence-electron chi connectivity index (χ1n) is 11.4. The van der Waals surface area contributed by atoms with E-state index in [1.165, 1.54) is 0 Å². The number of carbonyl (C=O) groups is 2. The Morgan fingerprint density at radius 2 is 1.62 bits per heavy atom. The van der Waals surface area contributed by atoms with Crippen LogP contribution in [0.15, 0.2) is 36.4 Å². The summed E-state index contributed by atoms with van der Waals surface area (Å²) in [5.41, 5.74) is 0.719. The van der Waals surface area contributed by atoms with E-state index in [1.54, 1.807) is 36.4 Å². The molecule has 9 heteroatoms. The van der Waals surface area contributed by atoms with Gasteiger partial charge in [0, 0.05) is 32.6 Å². The summed E-state index contributed by atoms with van der Waals surface area (Å²) in [6.45, 7) is 1.84. The van der Waals surface area contributed by atoms with Crippen molar-refractivity contribution in [2.24, 2.45) is 0 Å². The molecular weight excluding hydrogens is 516 g/mol. The number of rotatable bonds is 7. The minimum atomic E-state index is -0.783. The van der Waals surface area contributed by atoms with Gasteiger partial charge in [0.15, 0.2) is 0 Å². The Balaban J connectivity index is 1.54. The summed E-state index contributed by atoms with van der Waals surface area (Å²) in [5, 5.41) is 8.07. The fraction of sp³-hybridized carbons (Fsp3) is 0.440. The van der Waals surface area contributed by atoms with Crippen molar-refractivity contribution in [3.8, 4) is 0 Å². The number of benzene rings is 2. The zero-order chi connectivity index (χ0) is 24.5. The van der Waals surface area contributed by atoms with Gasteiger partial charge >= 0.3 is 0 Å². The third kappa shape index (κ3) is 5.83. The van der Waals surface area contributed by atoms with E-state index in [0.717, 1.165) is 37.1 Å². The molecule has 2 amide bonds. The van der Waals surface area contributed by atoms with Crippen molar-refractivity contribution in [1.29, 1.82) is 0 Å². The molecule has 2 fully saturated rings. The lowest BCUT2D eigenvalue weighted by Crippen LogP contribution is -2.54. The summed E-state index contributed by atoms with van der Waals surface area (Å²) in [4.78, 5) is 29.1. The average molecular weight is 543 g/mol. The first-order valence-corrected chi connectivity index (χ1v) is 12.9. The van der Waals surface area contributed by atoms with Crippen LogP contribution in [-0.4, -0.2) is 48.9 Å². The van der Waals surface area contributed by atoms with E-state index >= 15 is 0 Å². The molecular formula is C25H27Cl4N3O2. The number of amides is 2. The van der Waals surface area contributed by atoms with Crippen LogP contribution in [0.2, 0.25) is 20.1 Å². The lowest BCUT2D eigenvalue weighted by atomic mass is 9.93. The van der Waals surface area contributed by atoms with E-state index in [9.17, 15) is 9.59 Å². The summed E-state index contributed by atoms with van der Waals surface area (Å²) >= 11 is 24.9. The zero-order valence-electron chi connectivity index (χ0n) is 18.8. The Hall–Kier alpha value is -1.50. The molecule has 1 saturated heterocycles. The molecule has 1 unspecified atom stereocenters. The SMILES string of the molecule is CN1CCC(NC(=O)C(Cc2ccc(Cl)cc2Cl)NC(=O)C2(c3ccc(Cl)cc3Cl)CC2)CC1. The lowest BCUT2D eigenvalue weighted by molar-refractivity contribution is -0.130. The smallest absolute Gasteiger partial charge is 0.243 e. The first kappa shape index (κ1) is 25.6. The Labute approximate surface area is 220 Å². The van der Waals surface area contributed by atoms with Crippen molar-refractivity contribution in [2.45, 2.75) is 49.6 Å². The lowest BCUT2D eigenvalue weighted by Gasteiger charge is -2.31. The number of hydrogen-bond donors (Lipinski definition) is 2.